The second kappa shape index (κ2) is 5.38. The zero-order valence-electron chi connectivity index (χ0n) is 13.5. The van der Waals surface area contributed by atoms with E-state index in [-0.39, 0.29) is 18.4 Å². The van der Waals surface area contributed by atoms with Crippen molar-refractivity contribution in [3.63, 3.8) is 0 Å². The molecule has 4 rings (SSSR count). The van der Waals surface area contributed by atoms with Crippen LogP contribution in [-0.2, 0) is 4.79 Å². The average Bonchev–Trinajstić information content (AvgIpc) is 2.82. The summed E-state index contributed by atoms with van der Waals surface area (Å²) in [4.78, 5) is 27.4. The lowest BCUT2D eigenvalue weighted by Gasteiger charge is -2.32. The summed E-state index contributed by atoms with van der Waals surface area (Å²) < 4.78 is 11.1. The summed E-state index contributed by atoms with van der Waals surface area (Å²) in [7, 11) is 1.46. The fraction of sp³-hybridized carbons (Fsp3) is 0.278. The van der Waals surface area contributed by atoms with E-state index in [1.165, 1.54) is 7.11 Å². The van der Waals surface area contributed by atoms with Crippen molar-refractivity contribution in [2.75, 3.05) is 13.7 Å². The molecule has 0 saturated carbocycles. The molecule has 1 aliphatic carbocycles. The zero-order chi connectivity index (χ0) is 17.6. The SMILES string of the molecule is COc1cc2c(OC[C@]34C#C[C@H]3CC(=O)N4)nccc2cc1C(N)=O. The standard InChI is InChI=1S/C18H15N3O4/c1-24-14-8-12-10(6-13(14)16(19)23)3-5-20-17(12)25-9-18-4-2-11(18)7-15(22)21-18/h3,5-6,8,11H,7,9H2,1H3,(H2,19,23)(H,21,22)/t11-,18+/m0/s1. The number of carbonyl (C=O) groups is 2. The first-order chi connectivity index (χ1) is 12.0. The van der Waals surface area contributed by atoms with Gasteiger partial charge in [-0.1, -0.05) is 11.8 Å². The minimum atomic E-state index is -0.627. The van der Waals surface area contributed by atoms with Gasteiger partial charge in [-0.3, -0.25) is 9.59 Å². The van der Waals surface area contributed by atoms with Crippen LogP contribution in [0.5, 0.6) is 11.6 Å². The number of hydrogen-bond donors (Lipinski definition) is 2. The van der Waals surface area contributed by atoms with E-state index in [4.69, 9.17) is 15.2 Å². The lowest BCUT2D eigenvalue weighted by Crippen LogP contribution is -2.53. The van der Waals surface area contributed by atoms with Gasteiger partial charge in [0.2, 0.25) is 11.8 Å². The van der Waals surface area contributed by atoms with E-state index in [0.717, 1.165) is 5.39 Å². The normalized spacial score (nSPS) is 23.1. The molecule has 0 radical (unpaired) electrons. The van der Waals surface area contributed by atoms with E-state index in [0.29, 0.717) is 29.0 Å². The maximum atomic E-state index is 11.6. The smallest absolute Gasteiger partial charge is 0.252 e. The first-order valence-corrected chi connectivity index (χ1v) is 7.75. The molecular weight excluding hydrogens is 322 g/mol. The Kier molecular flexibility index (Phi) is 3.29. The molecule has 1 aromatic heterocycles. The molecule has 2 amide bonds. The lowest BCUT2D eigenvalue weighted by atomic mass is 9.79. The van der Waals surface area contributed by atoms with E-state index in [1.807, 2.05) is 0 Å². The molecule has 1 aromatic carbocycles. The van der Waals surface area contributed by atoms with E-state index in [9.17, 15) is 9.59 Å². The Balaban J connectivity index is 1.67. The number of nitrogens with zero attached hydrogens (tertiary/aromatic N) is 1. The van der Waals surface area contributed by atoms with Gasteiger partial charge in [0.05, 0.1) is 18.6 Å². The van der Waals surface area contributed by atoms with E-state index in [1.54, 1.807) is 24.4 Å². The van der Waals surface area contributed by atoms with Gasteiger partial charge in [-0.05, 0) is 23.6 Å². The van der Waals surface area contributed by atoms with Crippen LogP contribution >= 0.6 is 0 Å². The number of fused-ring (bicyclic) bond motifs is 2. The molecule has 2 aromatic rings. The topological polar surface area (TPSA) is 104 Å². The van der Waals surface area contributed by atoms with Crippen molar-refractivity contribution in [1.82, 2.24) is 10.3 Å². The Bertz CT molecular complexity index is 975. The van der Waals surface area contributed by atoms with Crippen molar-refractivity contribution < 1.29 is 19.1 Å². The van der Waals surface area contributed by atoms with Crippen molar-refractivity contribution >= 4 is 22.6 Å². The molecule has 2 aliphatic rings. The molecule has 1 fully saturated rings. The molecule has 7 nitrogen and oxygen atoms in total. The number of rotatable bonds is 5. The van der Waals surface area contributed by atoms with Gasteiger partial charge < -0.3 is 20.5 Å². The molecule has 0 spiro atoms. The number of carbonyl (C=O) groups excluding carboxylic acids is 2. The maximum Gasteiger partial charge on any atom is 0.252 e. The van der Waals surface area contributed by atoms with Crippen LogP contribution in [0.15, 0.2) is 24.4 Å². The van der Waals surface area contributed by atoms with Gasteiger partial charge in [-0.2, -0.15) is 0 Å². The molecule has 7 heteroatoms. The minimum absolute atomic E-state index is 0.0222. The van der Waals surface area contributed by atoms with Crippen molar-refractivity contribution in [3.05, 3.63) is 30.0 Å². The van der Waals surface area contributed by atoms with Gasteiger partial charge in [0.15, 0.2) is 0 Å². The number of methoxy groups -OCH3 is 1. The summed E-state index contributed by atoms with van der Waals surface area (Å²) in [5, 5.41) is 4.32. The van der Waals surface area contributed by atoms with Crippen LogP contribution in [-0.4, -0.2) is 36.1 Å². The Labute approximate surface area is 143 Å². The molecular formula is C18H15N3O4. The molecule has 1 aliphatic heterocycles. The van der Waals surface area contributed by atoms with E-state index >= 15 is 0 Å². The third-order valence-electron chi connectivity index (χ3n) is 4.57. The highest BCUT2D eigenvalue weighted by Crippen LogP contribution is 2.35. The number of ether oxygens (including phenoxy) is 2. The average molecular weight is 337 g/mol. The van der Waals surface area contributed by atoms with Crippen LogP contribution in [0.1, 0.15) is 16.8 Å². The predicted octanol–water partition coefficient (Wildman–Crippen LogP) is 0.613. The second-order valence-corrected chi connectivity index (χ2v) is 6.09. The van der Waals surface area contributed by atoms with Gasteiger partial charge in [0.25, 0.3) is 5.91 Å². The Morgan fingerprint density at radius 3 is 3.00 bits per heavy atom. The summed E-state index contributed by atoms with van der Waals surface area (Å²) in [6.07, 6.45) is 1.98. The van der Waals surface area contributed by atoms with Crippen LogP contribution in [0.25, 0.3) is 10.8 Å². The number of hydrogen-bond acceptors (Lipinski definition) is 5. The van der Waals surface area contributed by atoms with Crippen LogP contribution in [0, 0.1) is 17.8 Å². The van der Waals surface area contributed by atoms with Crippen molar-refractivity contribution in [1.29, 1.82) is 0 Å². The summed E-state index contributed by atoms with van der Waals surface area (Å²) >= 11 is 0. The number of nitrogens with one attached hydrogen (secondary N) is 1. The van der Waals surface area contributed by atoms with Crippen LogP contribution in [0.2, 0.25) is 0 Å². The number of pyridine rings is 1. The molecule has 25 heavy (non-hydrogen) atoms. The molecule has 126 valence electrons. The highest BCUT2D eigenvalue weighted by molar-refractivity contribution is 6.01. The van der Waals surface area contributed by atoms with Crippen molar-refractivity contribution in [2.45, 2.75) is 12.0 Å². The Hall–Kier alpha value is -3.27. The summed E-state index contributed by atoms with van der Waals surface area (Å²) in [5.74, 6) is 6.09. The maximum absolute atomic E-state index is 11.6. The molecule has 2 atom stereocenters. The molecule has 1 saturated heterocycles. The fourth-order valence-corrected chi connectivity index (χ4v) is 3.18. The molecule has 0 bridgehead atoms. The number of benzene rings is 1. The molecule has 2 heterocycles. The van der Waals surface area contributed by atoms with E-state index < -0.39 is 11.4 Å². The van der Waals surface area contributed by atoms with Gasteiger partial charge in [0.1, 0.15) is 17.9 Å². The zero-order valence-corrected chi connectivity index (χ0v) is 13.5. The van der Waals surface area contributed by atoms with Gasteiger partial charge in [-0.15, -0.1) is 0 Å². The fourth-order valence-electron chi connectivity index (χ4n) is 3.18. The summed E-state index contributed by atoms with van der Waals surface area (Å²) in [6, 6.07) is 5.08. The summed E-state index contributed by atoms with van der Waals surface area (Å²) in [6.45, 7) is 0.211. The lowest BCUT2D eigenvalue weighted by molar-refractivity contribution is -0.119. The van der Waals surface area contributed by atoms with Crippen LogP contribution in [0.3, 0.4) is 0 Å². The number of aromatic nitrogens is 1. The van der Waals surface area contributed by atoms with Gasteiger partial charge in [0, 0.05) is 18.0 Å². The number of primary amides is 1. The van der Waals surface area contributed by atoms with Gasteiger partial charge in [-0.25, -0.2) is 4.98 Å². The van der Waals surface area contributed by atoms with Gasteiger partial charge >= 0.3 is 0 Å². The Morgan fingerprint density at radius 2 is 2.36 bits per heavy atom. The third-order valence-corrected chi connectivity index (χ3v) is 4.57. The minimum Gasteiger partial charge on any atom is -0.496 e. The monoisotopic (exact) mass is 337 g/mol. The van der Waals surface area contributed by atoms with E-state index in [2.05, 4.69) is 22.1 Å². The first-order valence-electron chi connectivity index (χ1n) is 7.75. The first kappa shape index (κ1) is 15.3. The third kappa shape index (κ3) is 2.34. The quantitative estimate of drug-likeness (QED) is 0.778. The molecule has 3 N–H and O–H groups in total. The van der Waals surface area contributed by atoms with Crippen molar-refractivity contribution in [2.24, 2.45) is 11.7 Å². The largest absolute Gasteiger partial charge is 0.496 e. The molecule has 0 unspecified atom stereocenters. The van der Waals surface area contributed by atoms with Crippen LogP contribution < -0.4 is 20.5 Å². The Morgan fingerprint density at radius 1 is 1.52 bits per heavy atom. The van der Waals surface area contributed by atoms with Crippen molar-refractivity contribution in [3.8, 4) is 23.5 Å². The number of amides is 2. The highest BCUT2D eigenvalue weighted by Gasteiger charge is 2.50. The summed E-state index contributed by atoms with van der Waals surface area (Å²) in [5.41, 5.74) is 5.06. The predicted molar refractivity (Wildman–Crippen MR) is 89.1 cm³/mol. The highest BCUT2D eigenvalue weighted by atomic mass is 16.5. The second-order valence-electron chi connectivity index (χ2n) is 6.09. The number of nitrogens with two attached hydrogens (primary N) is 1. The van der Waals surface area contributed by atoms with Crippen LogP contribution in [0.4, 0.5) is 0 Å².